The number of likely N-dealkylation sites (N-methyl/N-ethyl adjacent to an activating group) is 1. The van der Waals surface area contributed by atoms with Crippen molar-refractivity contribution in [1.29, 1.82) is 0 Å². The maximum atomic E-state index is 12.5. The van der Waals surface area contributed by atoms with E-state index in [2.05, 4.69) is 32.9 Å². The molecule has 0 N–H and O–H groups in total. The van der Waals surface area contributed by atoms with Gasteiger partial charge in [0.2, 0.25) is 17.6 Å². The molecule has 1 aliphatic rings. The lowest BCUT2D eigenvalue weighted by Crippen LogP contribution is -2.49. The summed E-state index contributed by atoms with van der Waals surface area (Å²) in [4.78, 5) is 24.6. The second kappa shape index (κ2) is 9.51. The molecule has 0 aliphatic carbocycles. The number of thiophene rings is 1. The van der Waals surface area contributed by atoms with E-state index < -0.39 is 0 Å². The van der Waals surface area contributed by atoms with E-state index in [1.165, 1.54) is 10.4 Å². The zero-order valence-electron chi connectivity index (χ0n) is 17.5. The summed E-state index contributed by atoms with van der Waals surface area (Å²) in [7, 11) is 1.87. The summed E-state index contributed by atoms with van der Waals surface area (Å²) in [5.74, 6) is 1.42. The molecule has 0 atom stereocenters. The predicted molar refractivity (Wildman–Crippen MR) is 117 cm³/mol. The van der Waals surface area contributed by atoms with Gasteiger partial charge < -0.3 is 9.42 Å². The van der Waals surface area contributed by atoms with Crippen LogP contribution in [0.25, 0.3) is 11.4 Å². The summed E-state index contributed by atoms with van der Waals surface area (Å²) in [5, 5.41) is 6.15. The Bertz CT molecular complexity index is 946. The van der Waals surface area contributed by atoms with E-state index in [-0.39, 0.29) is 5.91 Å². The van der Waals surface area contributed by atoms with Crippen molar-refractivity contribution in [2.45, 2.75) is 20.0 Å². The van der Waals surface area contributed by atoms with Crippen LogP contribution in [0.3, 0.4) is 0 Å². The van der Waals surface area contributed by atoms with Crippen LogP contribution in [-0.2, 0) is 17.9 Å². The average molecular weight is 426 g/mol. The molecule has 8 heteroatoms. The second-order valence-corrected chi connectivity index (χ2v) is 8.79. The summed E-state index contributed by atoms with van der Waals surface area (Å²) < 4.78 is 5.45. The van der Waals surface area contributed by atoms with Crippen LogP contribution in [0.4, 0.5) is 0 Å². The number of hydrogen-bond donors (Lipinski definition) is 0. The number of benzene rings is 1. The molecule has 0 unspecified atom stereocenters. The van der Waals surface area contributed by atoms with Gasteiger partial charge in [-0.1, -0.05) is 41.1 Å². The fraction of sp³-hybridized carbons (Fsp3) is 0.409. The molecule has 4 rings (SSSR count). The van der Waals surface area contributed by atoms with Gasteiger partial charge in [0.25, 0.3) is 0 Å². The molecule has 1 amide bonds. The molecule has 158 valence electrons. The number of amides is 1. The summed E-state index contributed by atoms with van der Waals surface area (Å²) in [6.45, 7) is 7.31. The first kappa shape index (κ1) is 20.7. The van der Waals surface area contributed by atoms with E-state index in [9.17, 15) is 4.79 Å². The number of piperazine rings is 1. The average Bonchev–Trinajstić information content (AvgIpc) is 3.42. The van der Waals surface area contributed by atoms with Gasteiger partial charge in [-0.05, 0) is 18.4 Å². The number of hydrogen-bond acceptors (Lipinski definition) is 7. The third-order valence-electron chi connectivity index (χ3n) is 5.36. The topological polar surface area (TPSA) is 65.7 Å². The fourth-order valence-electron chi connectivity index (χ4n) is 3.47. The molecule has 1 aromatic carbocycles. The molecule has 1 aliphatic heterocycles. The number of carbonyl (C=O) groups excluding carboxylic acids is 1. The summed E-state index contributed by atoms with van der Waals surface area (Å²) in [6, 6.07) is 12.2. The molecule has 3 heterocycles. The first-order chi connectivity index (χ1) is 14.6. The Morgan fingerprint density at radius 2 is 1.87 bits per heavy atom. The quantitative estimate of drug-likeness (QED) is 0.580. The highest BCUT2D eigenvalue weighted by atomic mass is 32.1. The van der Waals surface area contributed by atoms with E-state index >= 15 is 0 Å². The van der Waals surface area contributed by atoms with Crippen molar-refractivity contribution in [2.75, 3.05) is 39.8 Å². The predicted octanol–water partition coefficient (Wildman–Crippen LogP) is 2.88. The second-order valence-electron chi connectivity index (χ2n) is 7.76. The number of nitrogens with zero attached hydrogens (tertiary/aromatic N) is 5. The maximum absolute atomic E-state index is 12.5. The Kier molecular flexibility index (Phi) is 6.56. The molecule has 0 bridgehead atoms. The van der Waals surface area contributed by atoms with Crippen LogP contribution in [0.5, 0.6) is 0 Å². The molecule has 0 radical (unpaired) electrons. The van der Waals surface area contributed by atoms with E-state index in [0.29, 0.717) is 31.3 Å². The van der Waals surface area contributed by atoms with E-state index in [1.807, 2.05) is 47.7 Å². The molecule has 3 aromatic rings. The first-order valence-electron chi connectivity index (χ1n) is 10.2. The largest absolute Gasteiger partial charge is 0.340 e. The highest BCUT2D eigenvalue weighted by Gasteiger charge is 2.22. The number of aryl methyl sites for hydroxylation is 1. The van der Waals surface area contributed by atoms with Gasteiger partial charge >= 0.3 is 0 Å². The van der Waals surface area contributed by atoms with Crippen LogP contribution in [0.2, 0.25) is 0 Å². The van der Waals surface area contributed by atoms with Gasteiger partial charge in [-0.2, -0.15) is 4.98 Å². The van der Waals surface area contributed by atoms with Gasteiger partial charge in [0, 0.05) is 43.7 Å². The van der Waals surface area contributed by atoms with Crippen molar-refractivity contribution >= 4 is 17.2 Å². The monoisotopic (exact) mass is 425 g/mol. The molecule has 0 saturated carbocycles. The standard InChI is InChI=1S/C22H27N5O2S/c1-17-5-7-18(8-6-17)22-23-20(29-24-22)15-26-9-11-27(12-10-26)16-21(28)25(2)14-19-4-3-13-30-19/h3-8,13H,9-12,14-16H2,1-2H3. The molecule has 0 spiro atoms. The Morgan fingerprint density at radius 3 is 2.57 bits per heavy atom. The van der Waals surface area contributed by atoms with Gasteiger partial charge in [-0.25, -0.2) is 0 Å². The van der Waals surface area contributed by atoms with Crippen molar-refractivity contribution in [3.8, 4) is 11.4 Å². The minimum absolute atomic E-state index is 0.163. The molecule has 1 saturated heterocycles. The Morgan fingerprint density at radius 1 is 1.13 bits per heavy atom. The SMILES string of the molecule is Cc1ccc(-c2noc(CN3CCN(CC(=O)N(C)Cc4cccs4)CC3)n2)cc1. The van der Waals surface area contributed by atoms with Crippen LogP contribution >= 0.6 is 11.3 Å². The summed E-state index contributed by atoms with van der Waals surface area (Å²) in [5.41, 5.74) is 2.17. The lowest BCUT2D eigenvalue weighted by atomic mass is 10.1. The third-order valence-corrected chi connectivity index (χ3v) is 6.22. The van der Waals surface area contributed by atoms with Crippen LogP contribution in [0.1, 0.15) is 16.3 Å². The number of carbonyl (C=O) groups is 1. The van der Waals surface area contributed by atoms with Gasteiger partial charge in [0.15, 0.2) is 0 Å². The highest BCUT2D eigenvalue weighted by molar-refractivity contribution is 7.09. The van der Waals surface area contributed by atoms with Crippen molar-refractivity contribution in [2.24, 2.45) is 0 Å². The van der Waals surface area contributed by atoms with Crippen LogP contribution < -0.4 is 0 Å². The van der Waals surface area contributed by atoms with Crippen LogP contribution in [0.15, 0.2) is 46.3 Å². The van der Waals surface area contributed by atoms with Crippen molar-refractivity contribution < 1.29 is 9.32 Å². The minimum Gasteiger partial charge on any atom is -0.340 e. The minimum atomic E-state index is 0.163. The Balaban J connectivity index is 1.23. The van der Waals surface area contributed by atoms with E-state index in [1.54, 1.807) is 11.3 Å². The van der Waals surface area contributed by atoms with Gasteiger partial charge in [-0.15, -0.1) is 11.3 Å². The lowest BCUT2D eigenvalue weighted by molar-refractivity contribution is -0.132. The van der Waals surface area contributed by atoms with Crippen molar-refractivity contribution in [3.05, 3.63) is 58.1 Å². The molecule has 1 fully saturated rings. The highest BCUT2D eigenvalue weighted by Crippen LogP contribution is 2.17. The lowest BCUT2D eigenvalue weighted by Gasteiger charge is -2.34. The van der Waals surface area contributed by atoms with Gasteiger partial charge in [0.05, 0.1) is 19.6 Å². The maximum Gasteiger partial charge on any atom is 0.241 e. The molecule has 7 nitrogen and oxygen atoms in total. The first-order valence-corrected chi connectivity index (χ1v) is 11.1. The van der Waals surface area contributed by atoms with Crippen LogP contribution in [-0.4, -0.2) is 70.5 Å². The van der Waals surface area contributed by atoms with E-state index in [4.69, 9.17) is 4.52 Å². The Hall–Kier alpha value is -2.55. The van der Waals surface area contributed by atoms with Gasteiger partial charge in [0.1, 0.15) is 0 Å². The van der Waals surface area contributed by atoms with Gasteiger partial charge in [-0.3, -0.25) is 14.6 Å². The normalized spacial score (nSPS) is 15.4. The molecular weight excluding hydrogens is 398 g/mol. The Labute approximate surface area is 180 Å². The molecule has 30 heavy (non-hydrogen) atoms. The molecular formula is C22H27N5O2S. The smallest absolute Gasteiger partial charge is 0.241 e. The van der Waals surface area contributed by atoms with Crippen molar-refractivity contribution in [3.63, 3.8) is 0 Å². The number of rotatable bonds is 7. The summed E-state index contributed by atoms with van der Waals surface area (Å²) >= 11 is 1.68. The van der Waals surface area contributed by atoms with E-state index in [0.717, 1.165) is 31.7 Å². The zero-order chi connectivity index (χ0) is 20.9. The zero-order valence-corrected chi connectivity index (χ0v) is 18.3. The fourth-order valence-corrected chi connectivity index (χ4v) is 4.23. The third kappa shape index (κ3) is 5.33. The summed E-state index contributed by atoms with van der Waals surface area (Å²) in [6.07, 6.45) is 0. The number of aromatic nitrogens is 2. The van der Waals surface area contributed by atoms with Crippen molar-refractivity contribution in [1.82, 2.24) is 24.8 Å². The van der Waals surface area contributed by atoms with Crippen LogP contribution in [0, 0.1) is 6.92 Å². The molecule has 2 aromatic heterocycles.